The Labute approximate surface area is 188 Å². The number of ether oxygens (including phenoxy) is 1. The fraction of sp³-hybridized carbons (Fsp3) is 0.208. The number of halogens is 3. The van der Waals surface area contributed by atoms with Crippen LogP contribution in [0.1, 0.15) is 26.3 Å². The van der Waals surface area contributed by atoms with Gasteiger partial charge in [0.15, 0.2) is 6.29 Å². The van der Waals surface area contributed by atoms with Gasteiger partial charge in [0.25, 0.3) is 5.91 Å². The monoisotopic (exact) mass is 455 g/mol. The van der Waals surface area contributed by atoms with Gasteiger partial charge in [-0.2, -0.15) is 13.2 Å². The first-order chi connectivity index (χ1) is 15.9. The van der Waals surface area contributed by atoms with Gasteiger partial charge in [-0.05, 0) is 42.0 Å². The van der Waals surface area contributed by atoms with Gasteiger partial charge in [-0.25, -0.2) is 4.98 Å². The third-order valence-corrected chi connectivity index (χ3v) is 5.30. The smallest absolute Gasteiger partial charge is 0.378 e. The summed E-state index contributed by atoms with van der Waals surface area (Å²) >= 11 is 0. The van der Waals surface area contributed by atoms with Crippen LogP contribution in [0.15, 0.2) is 60.8 Å². The Bertz CT molecular complexity index is 1160. The Morgan fingerprint density at radius 1 is 1.06 bits per heavy atom. The van der Waals surface area contributed by atoms with Crippen molar-refractivity contribution in [2.75, 3.05) is 36.5 Å². The van der Waals surface area contributed by atoms with E-state index in [2.05, 4.69) is 10.3 Å². The highest BCUT2D eigenvalue weighted by Crippen LogP contribution is 2.43. The van der Waals surface area contributed by atoms with Crippen molar-refractivity contribution in [2.24, 2.45) is 0 Å². The molecule has 0 atom stereocenters. The number of carbonyl (C=O) groups excluding carboxylic acids is 2. The van der Waals surface area contributed by atoms with E-state index in [0.717, 1.165) is 6.07 Å². The lowest BCUT2D eigenvalue weighted by Gasteiger charge is -2.28. The number of anilines is 2. The number of hydrogen-bond acceptors (Lipinski definition) is 5. The summed E-state index contributed by atoms with van der Waals surface area (Å²) in [7, 11) is 0. The molecule has 4 rings (SSSR count). The van der Waals surface area contributed by atoms with E-state index in [0.29, 0.717) is 37.7 Å². The van der Waals surface area contributed by atoms with E-state index in [1.165, 1.54) is 24.4 Å². The number of aromatic nitrogens is 1. The molecule has 2 heterocycles. The first-order valence-electron chi connectivity index (χ1n) is 10.2. The maximum absolute atomic E-state index is 14.2. The molecule has 9 heteroatoms. The lowest BCUT2D eigenvalue weighted by atomic mass is 9.93. The van der Waals surface area contributed by atoms with Gasteiger partial charge in [-0.1, -0.05) is 18.2 Å². The van der Waals surface area contributed by atoms with Gasteiger partial charge in [0.05, 0.1) is 18.8 Å². The fourth-order valence-electron chi connectivity index (χ4n) is 3.75. The first kappa shape index (κ1) is 22.5. The number of alkyl halides is 3. The van der Waals surface area contributed by atoms with E-state index < -0.39 is 23.2 Å². The van der Waals surface area contributed by atoms with Crippen LogP contribution < -0.4 is 10.2 Å². The number of hydrogen-bond donors (Lipinski definition) is 1. The Kier molecular flexibility index (Phi) is 6.41. The minimum atomic E-state index is -4.83. The Morgan fingerprint density at radius 2 is 1.79 bits per heavy atom. The highest BCUT2D eigenvalue weighted by Gasteiger charge is 2.38. The average Bonchev–Trinajstić information content (AvgIpc) is 2.84. The molecule has 1 saturated heterocycles. The summed E-state index contributed by atoms with van der Waals surface area (Å²) in [6.45, 7) is 2.07. The van der Waals surface area contributed by atoms with E-state index in [9.17, 15) is 22.8 Å². The lowest BCUT2D eigenvalue weighted by molar-refractivity contribution is -0.137. The van der Waals surface area contributed by atoms with E-state index in [1.54, 1.807) is 30.3 Å². The van der Waals surface area contributed by atoms with Crippen molar-refractivity contribution in [3.05, 3.63) is 77.5 Å². The van der Waals surface area contributed by atoms with Gasteiger partial charge in [-0.3, -0.25) is 9.59 Å². The second kappa shape index (κ2) is 9.41. The Morgan fingerprint density at radius 3 is 2.45 bits per heavy atom. The predicted molar refractivity (Wildman–Crippen MR) is 117 cm³/mol. The normalized spacial score (nSPS) is 14.1. The van der Waals surface area contributed by atoms with Gasteiger partial charge in [0, 0.05) is 41.7 Å². The largest absolute Gasteiger partial charge is 0.417 e. The number of nitrogens with zero attached hydrogens (tertiary/aromatic N) is 2. The highest BCUT2D eigenvalue weighted by molar-refractivity contribution is 6.07. The zero-order chi connectivity index (χ0) is 23.4. The lowest BCUT2D eigenvalue weighted by Crippen LogP contribution is -2.36. The zero-order valence-electron chi connectivity index (χ0n) is 17.4. The summed E-state index contributed by atoms with van der Waals surface area (Å²) in [5.41, 5.74) is -1.48. The van der Waals surface area contributed by atoms with Crippen LogP contribution in [0.2, 0.25) is 0 Å². The second-order valence-electron chi connectivity index (χ2n) is 7.39. The molecule has 0 spiro atoms. The van der Waals surface area contributed by atoms with Crippen molar-refractivity contribution < 1.29 is 27.5 Å². The summed E-state index contributed by atoms with van der Waals surface area (Å²) in [6.07, 6.45) is -3.25. The summed E-state index contributed by atoms with van der Waals surface area (Å²) in [5, 5.41) is 2.58. The number of morpholine rings is 1. The Hall–Kier alpha value is -3.72. The summed E-state index contributed by atoms with van der Waals surface area (Å²) in [6, 6.07) is 13.5. The highest BCUT2D eigenvalue weighted by atomic mass is 19.4. The topological polar surface area (TPSA) is 71.5 Å². The molecule has 0 bridgehead atoms. The molecular weight excluding hydrogens is 435 g/mol. The van der Waals surface area contributed by atoms with Gasteiger partial charge in [0.1, 0.15) is 5.82 Å². The second-order valence-corrected chi connectivity index (χ2v) is 7.39. The van der Waals surface area contributed by atoms with E-state index in [4.69, 9.17) is 4.74 Å². The molecule has 1 N–H and O–H groups in total. The summed E-state index contributed by atoms with van der Waals surface area (Å²) in [4.78, 5) is 30.4. The minimum Gasteiger partial charge on any atom is -0.378 e. The van der Waals surface area contributed by atoms with Crippen molar-refractivity contribution in [3.63, 3.8) is 0 Å². The van der Waals surface area contributed by atoms with Gasteiger partial charge in [-0.15, -0.1) is 0 Å². The van der Waals surface area contributed by atoms with Crippen molar-refractivity contribution in [3.8, 4) is 11.1 Å². The molecule has 1 amide bonds. The van der Waals surface area contributed by atoms with Crippen LogP contribution in [-0.4, -0.2) is 43.5 Å². The molecule has 33 heavy (non-hydrogen) atoms. The van der Waals surface area contributed by atoms with E-state index in [1.807, 2.05) is 4.90 Å². The summed E-state index contributed by atoms with van der Waals surface area (Å²) in [5.74, 6) is -0.0768. The zero-order valence-corrected chi connectivity index (χ0v) is 17.4. The third-order valence-electron chi connectivity index (χ3n) is 5.30. The number of amides is 1. The minimum absolute atomic E-state index is 0.0547. The molecule has 0 radical (unpaired) electrons. The molecule has 0 aliphatic carbocycles. The molecule has 1 aromatic heterocycles. The van der Waals surface area contributed by atoms with Crippen LogP contribution in [0.3, 0.4) is 0 Å². The van der Waals surface area contributed by atoms with Crippen LogP contribution >= 0.6 is 0 Å². The van der Waals surface area contributed by atoms with Crippen LogP contribution in [0.5, 0.6) is 0 Å². The first-order valence-corrected chi connectivity index (χ1v) is 10.2. The number of aldehydes is 1. The maximum Gasteiger partial charge on any atom is 0.417 e. The molecule has 170 valence electrons. The predicted octanol–water partition coefficient (Wildman–Crippen LogP) is 4.67. The van der Waals surface area contributed by atoms with Crippen molar-refractivity contribution in [2.45, 2.75) is 6.18 Å². The SMILES string of the molecule is O=Cc1ccc(NC(=O)c2ccccc2)c(-c2ccnc(N3CCOCC3)c2)c1C(F)(F)F. The van der Waals surface area contributed by atoms with Gasteiger partial charge < -0.3 is 15.0 Å². The van der Waals surface area contributed by atoms with Crippen molar-refractivity contribution >= 4 is 23.7 Å². The van der Waals surface area contributed by atoms with Crippen LogP contribution in [-0.2, 0) is 10.9 Å². The third kappa shape index (κ3) is 4.88. The molecule has 3 aromatic rings. The van der Waals surface area contributed by atoms with Crippen LogP contribution in [0.4, 0.5) is 24.7 Å². The number of pyridine rings is 1. The maximum atomic E-state index is 14.2. The van der Waals surface area contributed by atoms with Crippen LogP contribution in [0.25, 0.3) is 11.1 Å². The quantitative estimate of drug-likeness (QED) is 0.567. The number of rotatable bonds is 5. The Balaban J connectivity index is 1.86. The summed E-state index contributed by atoms with van der Waals surface area (Å²) < 4.78 is 47.8. The molecule has 1 aliphatic heterocycles. The van der Waals surface area contributed by atoms with Crippen molar-refractivity contribution in [1.29, 1.82) is 0 Å². The molecule has 6 nitrogen and oxygen atoms in total. The number of benzene rings is 2. The standard InChI is InChI=1S/C24H20F3N3O3/c25-24(26,27)22-18(15-31)6-7-19(29-23(32)16-4-2-1-3-5-16)21(22)17-8-9-28-20(14-17)30-10-12-33-13-11-30/h1-9,14-15H,10-13H2,(H,29,32). The molecule has 0 saturated carbocycles. The average molecular weight is 455 g/mol. The molecule has 0 unspecified atom stereocenters. The van der Waals surface area contributed by atoms with Gasteiger partial charge in [0.2, 0.25) is 0 Å². The van der Waals surface area contributed by atoms with Crippen molar-refractivity contribution in [1.82, 2.24) is 4.98 Å². The molecule has 1 aliphatic rings. The van der Waals surface area contributed by atoms with E-state index in [-0.39, 0.29) is 23.1 Å². The number of carbonyl (C=O) groups is 2. The van der Waals surface area contributed by atoms with E-state index >= 15 is 0 Å². The molecular formula is C24H20F3N3O3. The number of nitrogens with one attached hydrogen (secondary N) is 1. The fourth-order valence-corrected chi connectivity index (χ4v) is 3.75. The molecule has 2 aromatic carbocycles. The van der Waals surface area contributed by atoms with Gasteiger partial charge >= 0.3 is 6.18 Å². The molecule has 1 fully saturated rings. The van der Waals surface area contributed by atoms with Crippen LogP contribution in [0, 0.1) is 0 Å².